The van der Waals surface area contributed by atoms with Gasteiger partial charge in [-0.15, -0.1) is 0 Å². The molecule has 4 nitrogen and oxygen atoms in total. The lowest BCUT2D eigenvalue weighted by Gasteiger charge is -2.29. The Balaban J connectivity index is 2.03. The van der Waals surface area contributed by atoms with E-state index in [0.29, 0.717) is 6.42 Å². The maximum absolute atomic E-state index is 11.8. The minimum atomic E-state index is 0.206. The van der Waals surface area contributed by atoms with Crippen molar-refractivity contribution in [3.8, 4) is 0 Å². The quantitative estimate of drug-likeness (QED) is 0.628. The summed E-state index contributed by atoms with van der Waals surface area (Å²) in [6, 6.07) is 0.273. The molecule has 0 radical (unpaired) electrons. The second kappa shape index (κ2) is 10.2. The van der Waals surface area contributed by atoms with Crippen LogP contribution in [-0.4, -0.2) is 43.0 Å². The monoisotopic (exact) mass is 269 g/mol. The first-order valence-electron chi connectivity index (χ1n) is 7.94. The SMILES string of the molecule is CC(CN1CCCCC1)NC(=O)CCCCCCN. The maximum atomic E-state index is 11.8. The van der Waals surface area contributed by atoms with Gasteiger partial charge in [0.25, 0.3) is 0 Å². The van der Waals surface area contributed by atoms with E-state index in [1.165, 1.54) is 32.4 Å². The van der Waals surface area contributed by atoms with Crippen molar-refractivity contribution < 1.29 is 4.79 Å². The molecule has 1 fully saturated rings. The number of nitrogens with zero attached hydrogens (tertiary/aromatic N) is 1. The highest BCUT2D eigenvalue weighted by atomic mass is 16.1. The fraction of sp³-hybridized carbons (Fsp3) is 0.933. The highest BCUT2D eigenvalue weighted by Gasteiger charge is 2.14. The number of hydrogen-bond donors (Lipinski definition) is 2. The van der Waals surface area contributed by atoms with E-state index >= 15 is 0 Å². The molecule has 1 amide bonds. The van der Waals surface area contributed by atoms with Crippen LogP contribution in [-0.2, 0) is 4.79 Å². The fourth-order valence-corrected chi connectivity index (χ4v) is 2.71. The van der Waals surface area contributed by atoms with Crippen LogP contribution in [0.5, 0.6) is 0 Å². The van der Waals surface area contributed by atoms with E-state index in [9.17, 15) is 4.79 Å². The van der Waals surface area contributed by atoms with Gasteiger partial charge in [-0.05, 0) is 52.2 Å². The van der Waals surface area contributed by atoms with E-state index in [1.807, 2.05) is 0 Å². The van der Waals surface area contributed by atoms with Crippen molar-refractivity contribution in [1.82, 2.24) is 10.2 Å². The number of rotatable bonds is 9. The number of nitrogens with two attached hydrogens (primary N) is 1. The minimum Gasteiger partial charge on any atom is -0.352 e. The number of nitrogens with one attached hydrogen (secondary N) is 1. The molecule has 1 atom stereocenters. The van der Waals surface area contributed by atoms with E-state index in [1.54, 1.807) is 0 Å². The summed E-state index contributed by atoms with van der Waals surface area (Å²) in [5.74, 6) is 0.206. The van der Waals surface area contributed by atoms with Crippen LogP contribution in [0.2, 0.25) is 0 Å². The van der Waals surface area contributed by atoms with Crippen LogP contribution in [0.1, 0.15) is 58.3 Å². The zero-order chi connectivity index (χ0) is 13.9. The van der Waals surface area contributed by atoms with Gasteiger partial charge in [0.2, 0.25) is 5.91 Å². The Morgan fingerprint density at radius 2 is 1.84 bits per heavy atom. The van der Waals surface area contributed by atoms with Crippen molar-refractivity contribution >= 4 is 5.91 Å². The molecule has 1 aliphatic rings. The Morgan fingerprint density at radius 3 is 2.53 bits per heavy atom. The Kier molecular flexibility index (Phi) is 8.84. The van der Waals surface area contributed by atoms with Gasteiger partial charge < -0.3 is 16.0 Å². The number of hydrogen-bond acceptors (Lipinski definition) is 3. The van der Waals surface area contributed by atoms with Crippen LogP contribution < -0.4 is 11.1 Å². The molecule has 1 unspecified atom stereocenters. The summed E-state index contributed by atoms with van der Waals surface area (Å²) in [6.45, 7) is 6.26. The predicted octanol–water partition coefficient (Wildman–Crippen LogP) is 1.89. The van der Waals surface area contributed by atoms with Gasteiger partial charge in [0.15, 0.2) is 0 Å². The summed E-state index contributed by atoms with van der Waals surface area (Å²) in [6.07, 6.45) is 8.96. The van der Waals surface area contributed by atoms with Crippen molar-refractivity contribution in [1.29, 1.82) is 0 Å². The Hall–Kier alpha value is -0.610. The van der Waals surface area contributed by atoms with Gasteiger partial charge in [0.1, 0.15) is 0 Å². The lowest BCUT2D eigenvalue weighted by atomic mass is 10.1. The Bertz CT molecular complexity index is 240. The Morgan fingerprint density at radius 1 is 1.16 bits per heavy atom. The van der Waals surface area contributed by atoms with Crippen LogP contribution in [0.15, 0.2) is 0 Å². The molecule has 1 heterocycles. The molecule has 1 rings (SSSR count). The molecule has 0 spiro atoms. The van der Waals surface area contributed by atoms with Gasteiger partial charge in [-0.3, -0.25) is 4.79 Å². The van der Waals surface area contributed by atoms with Crippen LogP contribution in [0.25, 0.3) is 0 Å². The summed E-state index contributed by atoms with van der Waals surface area (Å²) in [7, 11) is 0. The largest absolute Gasteiger partial charge is 0.352 e. The standard InChI is InChI=1S/C15H31N3O/c1-14(13-18-11-7-4-8-12-18)17-15(19)9-5-2-3-6-10-16/h14H,2-13,16H2,1H3,(H,17,19). The summed E-state index contributed by atoms with van der Waals surface area (Å²) >= 11 is 0. The van der Waals surface area contributed by atoms with Gasteiger partial charge >= 0.3 is 0 Å². The molecule has 0 bridgehead atoms. The second-order valence-electron chi connectivity index (χ2n) is 5.78. The molecule has 1 saturated heterocycles. The molecule has 19 heavy (non-hydrogen) atoms. The highest BCUT2D eigenvalue weighted by Crippen LogP contribution is 2.09. The minimum absolute atomic E-state index is 0.206. The summed E-state index contributed by atoms with van der Waals surface area (Å²) < 4.78 is 0. The molecule has 4 heteroatoms. The molecule has 3 N–H and O–H groups in total. The van der Waals surface area contributed by atoms with Crippen molar-refractivity contribution in [3.05, 3.63) is 0 Å². The molecular formula is C15H31N3O. The average molecular weight is 269 g/mol. The van der Waals surface area contributed by atoms with Gasteiger partial charge in [0, 0.05) is 19.0 Å². The maximum Gasteiger partial charge on any atom is 0.220 e. The first-order chi connectivity index (χ1) is 9.22. The molecule has 0 aromatic rings. The summed E-state index contributed by atoms with van der Waals surface area (Å²) in [5.41, 5.74) is 5.44. The molecule has 1 aliphatic heterocycles. The lowest BCUT2D eigenvalue weighted by Crippen LogP contribution is -2.43. The molecule has 0 saturated carbocycles. The smallest absolute Gasteiger partial charge is 0.220 e. The Labute approximate surface area is 118 Å². The van der Waals surface area contributed by atoms with Gasteiger partial charge in [-0.1, -0.05) is 19.3 Å². The number of carbonyl (C=O) groups is 1. The molecule has 112 valence electrons. The van der Waals surface area contributed by atoms with Gasteiger partial charge in [-0.25, -0.2) is 0 Å². The normalized spacial score (nSPS) is 18.2. The average Bonchev–Trinajstić information content (AvgIpc) is 2.39. The van der Waals surface area contributed by atoms with Crippen molar-refractivity contribution in [2.45, 2.75) is 64.3 Å². The van der Waals surface area contributed by atoms with Crippen LogP contribution in [0.4, 0.5) is 0 Å². The van der Waals surface area contributed by atoms with Gasteiger partial charge in [-0.2, -0.15) is 0 Å². The highest BCUT2D eigenvalue weighted by molar-refractivity contribution is 5.76. The number of piperidine rings is 1. The molecule has 0 aliphatic carbocycles. The van der Waals surface area contributed by atoms with Crippen molar-refractivity contribution in [2.75, 3.05) is 26.2 Å². The van der Waals surface area contributed by atoms with E-state index in [4.69, 9.17) is 5.73 Å². The third kappa shape index (κ3) is 8.22. The molecule has 0 aromatic carbocycles. The first-order valence-corrected chi connectivity index (χ1v) is 7.94. The van der Waals surface area contributed by atoms with E-state index < -0.39 is 0 Å². The molecular weight excluding hydrogens is 238 g/mol. The van der Waals surface area contributed by atoms with Crippen molar-refractivity contribution in [3.63, 3.8) is 0 Å². The third-order valence-electron chi connectivity index (χ3n) is 3.75. The topological polar surface area (TPSA) is 58.4 Å². The lowest BCUT2D eigenvalue weighted by molar-refractivity contribution is -0.121. The van der Waals surface area contributed by atoms with Crippen molar-refractivity contribution in [2.24, 2.45) is 5.73 Å². The second-order valence-corrected chi connectivity index (χ2v) is 5.78. The van der Waals surface area contributed by atoms with E-state index in [0.717, 1.165) is 38.8 Å². The predicted molar refractivity (Wildman–Crippen MR) is 80.0 cm³/mol. The zero-order valence-corrected chi connectivity index (χ0v) is 12.5. The third-order valence-corrected chi connectivity index (χ3v) is 3.75. The summed E-state index contributed by atoms with van der Waals surface area (Å²) in [5, 5.41) is 3.11. The fourth-order valence-electron chi connectivity index (χ4n) is 2.71. The number of carbonyl (C=O) groups excluding carboxylic acids is 1. The van der Waals surface area contributed by atoms with Crippen LogP contribution >= 0.6 is 0 Å². The summed E-state index contributed by atoms with van der Waals surface area (Å²) in [4.78, 5) is 14.2. The number of amides is 1. The van der Waals surface area contributed by atoms with Crippen LogP contribution in [0, 0.1) is 0 Å². The first kappa shape index (κ1) is 16.4. The van der Waals surface area contributed by atoms with Crippen LogP contribution in [0.3, 0.4) is 0 Å². The van der Waals surface area contributed by atoms with E-state index in [2.05, 4.69) is 17.1 Å². The van der Waals surface area contributed by atoms with Gasteiger partial charge in [0.05, 0.1) is 0 Å². The molecule has 0 aromatic heterocycles. The number of likely N-dealkylation sites (tertiary alicyclic amines) is 1. The number of unbranched alkanes of at least 4 members (excludes halogenated alkanes) is 3. The zero-order valence-electron chi connectivity index (χ0n) is 12.5. The van der Waals surface area contributed by atoms with E-state index in [-0.39, 0.29) is 11.9 Å².